The Hall–Kier alpha value is -1.06. The molecule has 5 heteroatoms. The molecule has 1 amide bonds. The van der Waals surface area contributed by atoms with Crippen LogP contribution in [-0.2, 0) is 16.0 Å². The minimum absolute atomic E-state index is 0.0612. The van der Waals surface area contributed by atoms with Gasteiger partial charge in [-0.2, -0.15) is 0 Å². The number of carbonyl (C=O) groups excluding carboxylic acids is 2. The van der Waals surface area contributed by atoms with Crippen molar-refractivity contribution in [1.82, 2.24) is 5.32 Å². The summed E-state index contributed by atoms with van der Waals surface area (Å²) < 4.78 is 0. The maximum atomic E-state index is 12.8. The lowest BCUT2D eigenvalue weighted by Gasteiger charge is -2.22. The van der Waals surface area contributed by atoms with Crippen LogP contribution in [0.15, 0.2) is 12.1 Å². The number of hydrogen-bond acceptors (Lipinski definition) is 2. The van der Waals surface area contributed by atoms with Crippen LogP contribution in [0.1, 0.15) is 43.7 Å². The van der Waals surface area contributed by atoms with Crippen LogP contribution < -0.4 is 5.32 Å². The smallest absolute Gasteiger partial charge is 0.236 e. The van der Waals surface area contributed by atoms with E-state index in [2.05, 4.69) is 5.32 Å². The summed E-state index contributed by atoms with van der Waals surface area (Å²) in [6, 6.07) is 3.39. The Morgan fingerprint density at radius 3 is 2.52 bits per heavy atom. The van der Waals surface area contributed by atoms with Crippen LogP contribution in [-0.4, -0.2) is 17.2 Å². The van der Waals surface area contributed by atoms with E-state index in [9.17, 15) is 9.59 Å². The zero-order chi connectivity index (χ0) is 15.4. The third-order valence-corrected chi connectivity index (χ3v) is 5.19. The van der Waals surface area contributed by atoms with E-state index in [0.717, 1.165) is 18.4 Å². The largest absolute Gasteiger partial charge is 0.343 e. The first-order chi connectivity index (χ1) is 9.88. The highest BCUT2D eigenvalue weighted by Crippen LogP contribution is 2.47. The molecule has 112 valence electrons. The molecule has 0 spiro atoms. The van der Waals surface area contributed by atoms with Gasteiger partial charge in [-0.25, -0.2) is 0 Å². The highest BCUT2D eigenvalue weighted by atomic mass is 35.5. The molecule has 1 heterocycles. The van der Waals surface area contributed by atoms with Crippen LogP contribution in [0.2, 0.25) is 10.0 Å². The van der Waals surface area contributed by atoms with Gasteiger partial charge < -0.3 is 5.32 Å². The van der Waals surface area contributed by atoms with Crippen LogP contribution in [0.5, 0.6) is 0 Å². The molecule has 0 bridgehead atoms. The van der Waals surface area contributed by atoms with Crippen molar-refractivity contribution in [3.8, 4) is 0 Å². The van der Waals surface area contributed by atoms with Crippen LogP contribution >= 0.6 is 23.2 Å². The van der Waals surface area contributed by atoms with Crippen LogP contribution in [0.25, 0.3) is 0 Å². The van der Waals surface area contributed by atoms with Gasteiger partial charge in [0.1, 0.15) is 5.92 Å². The third kappa shape index (κ3) is 2.27. The molecule has 2 unspecified atom stereocenters. The molecule has 1 saturated carbocycles. The standard InChI is InChI=1S/C16H17Cl2NO2/c1-3-8-6-10(17)7-11(18)12(8)13-14(20)16(2,9-4-5-9)19-15(13)21/h6-7,9,13H,3-5H2,1-2H3,(H,19,21). The lowest BCUT2D eigenvalue weighted by Crippen LogP contribution is -2.45. The Labute approximate surface area is 134 Å². The number of Topliss-reactive ketones (excluding diaryl/α,β-unsaturated/α-hetero) is 1. The highest BCUT2D eigenvalue weighted by molar-refractivity contribution is 6.36. The number of carbonyl (C=O) groups is 2. The van der Waals surface area contributed by atoms with Crippen molar-refractivity contribution in [2.75, 3.05) is 0 Å². The zero-order valence-corrected chi connectivity index (χ0v) is 13.5. The average Bonchev–Trinajstić information content (AvgIpc) is 3.22. The van der Waals surface area contributed by atoms with Gasteiger partial charge in [-0.3, -0.25) is 9.59 Å². The number of nitrogens with one attached hydrogen (secondary N) is 1. The summed E-state index contributed by atoms with van der Waals surface area (Å²) in [6.45, 7) is 3.79. The van der Waals surface area contributed by atoms with Crippen molar-refractivity contribution in [1.29, 1.82) is 0 Å². The predicted molar refractivity (Wildman–Crippen MR) is 82.9 cm³/mol. The minimum atomic E-state index is -0.810. The Balaban J connectivity index is 2.08. The maximum Gasteiger partial charge on any atom is 0.236 e. The number of rotatable bonds is 3. The van der Waals surface area contributed by atoms with Gasteiger partial charge in [0, 0.05) is 10.0 Å². The zero-order valence-electron chi connectivity index (χ0n) is 12.0. The number of benzene rings is 1. The predicted octanol–water partition coefficient (Wildman–Crippen LogP) is 3.51. The van der Waals surface area contributed by atoms with Crippen molar-refractivity contribution < 1.29 is 9.59 Å². The topological polar surface area (TPSA) is 46.2 Å². The molecule has 0 radical (unpaired) electrons. The van der Waals surface area contributed by atoms with E-state index in [1.54, 1.807) is 12.1 Å². The van der Waals surface area contributed by atoms with E-state index < -0.39 is 11.5 Å². The molecule has 2 fully saturated rings. The van der Waals surface area contributed by atoms with Gasteiger partial charge in [0.2, 0.25) is 5.91 Å². The second kappa shape index (κ2) is 4.99. The van der Waals surface area contributed by atoms with Crippen molar-refractivity contribution in [3.63, 3.8) is 0 Å². The molecule has 2 atom stereocenters. The lowest BCUT2D eigenvalue weighted by molar-refractivity contribution is -0.125. The molecule has 2 aliphatic rings. The van der Waals surface area contributed by atoms with E-state index in [-0.39, 0.29) is 17.6 Å². The molecule has 0 aromatic heterocycles. The quantitative estimate of drug-likeness (QED) is 0.864. The Morgan fingerprint density at radius 2 is 1.95 bits per heavy atom. The summed E-state index contributed by atoms with van der Waals surface area (Å²) in [6.07, 6.45) is 2.65. The Morgan fingerprint density at radius 1 is 1.29 bits per heavy atom. The molecule has 1 aromatic rings. The molecule has 1 saturated heterocycles. The SMILES string of the molecule is CCc1cc(Cl)cc(Cl)c1C1C(=O)NC(C)(C2CC2)C1=O. The molecular weight excluding hydrogens is 309 g/mol. The van der Waals surface area contributed by atoms with Crippen LogP contribution in [0.4, 0.5) is 0 Å². The first-order valence-corrected chi connectivity index (χ1v) is 7.98. The number of hydrogen-bond donors (Lipinski definition) is 1. The fourth-order valence-corrected chi connectivity index (χ4v) is 3.93. The van der Waals surface area contributed by atoms with Gasteiger partial charge in [-0.05, 0) is 55.4 Å². The van der Waals surface area contributed by atoms with Crippen LogP contribution in [0.3, 0.4) is 0 Å². The molecule has 1 aliphatic carbocycles. The molecule has 3 rings (SSSR count). The molecule has 3 nitrogen and oxygen atoms in total. The molecule has 1 aliphatic heterocycles. The Kier molecular flexibility index (Phi) is 3.53. The Bertz CT molecular complexity index is 639. The van der Waals surface area contributed by atoms with Crippen molar-refractivity contribution in [2.45, 2.75) is 44.6 Å². The summed E-state index contributed by atoms with van der Waals surface area (Å²) in [4.78, 5) is 25.3. The van der Waals surface area contributed by atoms with Gasteiger partial charge in [0.15, 0.2) is 5.78 Å². The minimum Gasteiger partial charge on any atom is -0.343 e. The number of aryl methyl sites for hydroxylation is 1. The summed E-state index contributed by atoms with van der Waals surface area (Å²) >= 11 is 12.3. The monoisotopic (exact) mass is 325 g/mol. The van der Waals surface area contributed by atoms with E-state index >= 15 is 0 Å². The normalized spacial score (nSPS) is 28.9. The summed E-state index contributed by atoms with van der Waals surface area (Å²) in [7, 11) is 0. The van der Waals surface area contributed by atoms with E-state index in [1.165, 1.54) is 0 Å². The van der Waals surface area contributed by atoms with Crippen molar-refractivity contribution in [2.24, 2.45) is 5.92 Å². The van der Waals surface area contributed by atoms with Crippen molar-refractivity contribution in [3.05, 3.63) is 33.3 Å². The summed E-state index contributed by atoms with van der Waals surface area (Å²) in [5, 5.41) is 3.82. The number of halogens is 2. The fraction of sp³-hybridized carbons (Fsp3) is 0.500. The van der Waals surface area contributed by atoms with Gasteiger partial charge in [-0.15, -0.1) is 0 Å². The first kappa shape index (κ1) is 14.9. The fourth-order valence-electron chi connectivity index (χ4n) is 3.29. The average molecular weight is 326 g/mol. The lowest BCUT2D eigenvalue weighted by atomic mass is 9.83. The second-order valence-electron chi connectivity index (χ2n) is 6.08. The summed E-state index contributed by atoms with van der Waals surface area (Å²) in [5.74, 6) is -0.854. The van der Waals surface area contributed by atoms with Gasteiger partial charge >= 0.3 is 0 Å². The number of amides is 1. The van der Waals surface area contributed by atoms with E-state index in [0.29, 0.717) is 22.0 Å². The molecular formula is C16H17Cl2NO2. The van der Waals surface area contributed by atoms with Gasteiger partial charge in [-0.1, -0.05) is 30.1 Å². The third-order valence-electron chi connectivity index (χ3n) is 4.66. The van der Waals surface area contributed by atoms with E-state index in [4.69, 9.17) is 23.2 Å². The molecule has 21 heavy (non-hydrogen) atoms. The van der Waals surface area contributed by atoms with Gasteiger partial charge in [0.25, 0.3) is 0 Å². The van der Waals surface area contributed by atoms with Gasteiger partial charge in [0.05, 0.1) is 5.54 Å². The van der Waals surface area contributed by atoms with Crippen molar-refractivity contribution >= 4 is 34.9 Å². The first-order valence-electron chi connectivity index (χ1n) is 7.22. The number of ketones is 1. The van der Waals surface area contributed by atoms with E-state index in [1.807, 2.05) is 13.8 Å². The maximum absolute atomic E-state index is 12.8. The highest BCUT2D eigenvalue weighted by Gasteiger charge is 2.57. The second-order valence-corrected chi connectivity index (χ2v) is 6.92. The molecule has 1 aromatic carbocycles. The summed E-state index contributed by atoms with van der Waals surface area (Å²) in [5.41, 5.74) is 0.743. The van der Waals surface area contributed by atoms with Crippen LogP contribution in [0, 0.1) is 5.92 Å². The molecule has 1 N–H and O–H groups in total.